The van der Waals surface area contributed by atoms with Gasteiger partial charge in [-0.1, -0.05) is 49.2 Å². The zero-order chi connectivity index (χ0) is 20.6. The minimum atomic E-state index is -0.726. The van der Waals surface area contributed by atoms with E-state index < -0.39 is 11.2 Å². The van der Waals surface area contributed by atoms with Gasteiger partial charge in [0.25, 0.3) is 5.56 Å². The van der Waals surface area contributed by atoms with Gasteiger partial charge in [-0.15, -0.1) is 0 Å². The largest absolute Gasteiger partial charge is 0.390 e. The van der Waals surface area contributed by atoms with Crippen LogP contribution in [0, 0.1) is 0 Å². The number of nitrogens with one attached hydrogen (secondary N) is 1. The van der Waals surface area contributed by atoms with Gasteiger partial charge < -0.3 is 10.4 Å². The molecule has 1 fully saturated rings. The molecule has 28 heavy (non-hydrogen) atoms. The van der Waals surface area contributed by atoms with Crippen molar-refractivity contribution in [3.8, 4) is 11.1 Å². The van der Waals surface area contributed by atoms with E-state index in [1.54, 1.807) is 25.1 Å². The van der Waals surface area contributed by atoms with Gasteiger partial charge in [0.1, 0.15) is 6.54 Å². The van der Waals surface area contributed by atoms with Gasteiger partial charge in [-0.05, 0) is 31.7 Å². The molecule has 2 N–H and O–H groups in total. The van der Waals surface area contributed by atoms with Crippen LogP contribution in [0.1, 0.15) is 45.2 Å². The summed E-state index contributed by atoms with van der Waals surface area (Å²) in [6.45, 7) is 5.46. The molecule has 1 aliphatic carbocycles. The molecule has 1 amide bonds. The lowest BCUT2D eigenvalue weighted by Crippen LogP contribution is -2.54. The maximum atomic E-state index is 12.6. The van der Waals surface area contributed by atoms with E-state index in [4.69, 9.17) is 23.2 Å². The SMILES string of the molecule is CC(C)c1nn(CC(=O)N[C@H]2C[C@@](C)(O)C2)c(=O)cc1-c1cccc(Cl)c1Cl. The smallest absolute Gasteiger partial charge is 0.267 e. The fourth-order valence-electron chi connectivity index (χ4n) is 3.49. The molecule has 1 aliphatic rings. The first-order valence-corrected chi connectivity index (χ1v) is 9.91. The lowest BCUT2D eigenvalue weighted by atomic mass is 9.77. The Kier molecular flexibility index (Phi) is 5.84. The molecule has 0 spiro atoms. The zero-order valence-electron chi connectivity index (χ0n) is 16.0. The fourth-order valence-corrected chi connectivity index (χ4v) is 3.89. The second kappa shape index (κ2) is 7.85. The second-order valence-corrected chi connectivity index (χ2v) is 8.65. The molecule has 1 saturated carbocycles. The van der Waals surface area contributed by atoms with Gasteiger partial charge in [-0.3, -0.25) is 9.59 Å². The third-order valence-corrected chi connectivity index (χ3v) is 5.66. The highest BCUT2D eigenvalue weighted by Crippen LogP contribution is 2.36. The molecule has 6 nitrogen and oxygen atoms in total. The molecule has 0 radical (unpaired) electrons. The van der Waals surface area contributed by atoms with Gasteiger partial charge in [0.2, 0.25) is 5.91 Å². The van der Waals surface area contributed by atoms with Crippen molar-refractivity contribution in [1.82, 2.24) is 15.1 Å². The Balaban J connectivity index is 1.88. The van der Waals surface area contributed by atoms with Crippen LogP contribution in [0.5, 0.6) is 0 Å². The van der Waals surface area contributed by atoms with Crippen LogP contribution >= 0.6 is 23.2 Å². The Labute approximate surface area is 173 Å². The molecule has 0 aliphatic heterocycles. The van der Waals surface area contributed by atoms with E-state index in [-0.39, 0.29) is 24.4 Å². The van der Waals surface area contributed by atoms with Crippen molar-refractivity contribution in [2.24, 2.45) is 0 Å². The summed E-state index contributed by atoms with van der Waals surface area (Å²) in [6, 6.07) is 6.60. The third-order valence-electron chi connectivity index (χ3n) is 4.85. The minimum absolute atomic E-state index is 0.00156. The summed E-state index contributed by atoms with van der Waals surface area (Å²) < 4.78 is 1.16. The second-order valence-electron chi connectivity index (χ2n) is 7.86. The summed E-state index contributed by atoms with van der Waals surface area (Å²) >= 11 is 12.4. The van der Waals surface area contributed by atoms with Crippen molar-refractivity contribution < 1.29 is 9.90 Å². The van der Waals surface area contributed by atoms with Crippen LogP contribution in [0.25, 0.3) is 11.1 Å². The summed E-state index contributed by atoms with van der Waals surface area (Å²) in [5.74, 6) is -0.306. The van der Waals surface area contributed by atoms with Crippen LogP contribution in [-0.4, -0.2) is 32.4 Å². The summed E-state index contributed by atoms with van der Waals surface area (Å²) in [5, 5.41) is 17.8. The van der Waals surface area contributed by atoms with E-state index >= 15 is 0 Å². The number of halogens is 2. The first-order valence-electron chi connectivity index (χ1n) is 9.15. The average molecular weight is 424 g/mol. The number of nitrogens with zero attached hydrogens (tertiary/aromatic N) is 2. The molecule has 2 aromatic rings. The van der Waals surface area contributed by atoms with Crippen LogP contribution in [0.15, 0.2) is 29.1 Å². The summed E-state index contributed by atoms with van der Waals surface area (Å²) in [4.78, 5) is 24.9. The molecule has 0 bridgehead atoms. The van der Waals surface area contributed by atoms with E-state index in [0.29, 0.717) is 39.7 Å². The van der Waals surface area contributed by atoms with Crippen molar-refractivity contribution >= 4 is 29.1 Å². The third kappa shape index (κ3) is 4.40. The minimum Gasteiger partial charge on any atom is -0.390 e. The van der Waals surface area contributed by atoms with E-state index in [2.05, 4.69) is 10.4 Å². The highest BCUT2D eigenvalue weighted by atomic mass is 35.5. The van der Waals surface area contributed by atoms with Crippen molar-refractivity contribution in [3.05, 3.63) is 50.4 Å². The van der Waals surface area contributed by atoms with Crippen molar-refractivity contribution in [2.45, 2.75) is 57.7 Å². The molecule has 8 heteroatoms. The van der Waals surface area contributed by atoms with Crippen molar-refractivity contribution in [2.75, 3.05) is 0 Å². The van der Waals surface area contributed by atoms with Crippen LogP contribution in [0.3, 0.4) is 0 Å². The number of rotatable bonds is 5. The van der Waals surface area contributed by atoms with Crippen LogP contribution in [-0.2, 0) is 11.3 Å². The van der Waals surface area contributed by atoms with E-state index in [9.17, 15) is 14.7 Å². The summed E-state index contributed by atoms with van der Waals surface area (Å²) in [7, 11) is 0. The van der Waals surface area contributed by atoms with Gasteiger partial charge in [0.15, 0.2) is 0 Å². The number of benzene rings is 1. The number of aromatic nitrogens is 2. The standard InChI is InChI=1S/C20H23Cl2N3O3/c1-11(2)19-14(13-5-4-6-15(21)18(13)22)7-17(27)25(24-19)10-16(26)23-12-8-20(3,28)9-12/h4-7,11-12,28H,8-10H2,1-3H3,(H,23,26)/t12-,20+. The molecule has 1 aromatic carbocycles. The number of hydrogen-bond donors (Lipinski definition) is 2. The molecule has 0 atom stereocenters. The molecule has 1 heterocycles. The number of aliphatic hydroxyl groups is 1. The van der Waals surface area contributed by atoms with Crippen LogP contribution in [0.2, 0.25) is 10.0 Å². The number of hydrogen-bond acceptors (Lipinski definition) is 4. The topological polar surface area (TPSA) is 84.2 Å². The van der Waals surface area contributed by atoms with Crippen molar-refractivity contribution in [1.29, 1.82) is 0 Å². The van der Waals surface area contributed by atoms with Crippen molar-refractivity contribution in [3.63, 3.8) is 0 Å². The highest BCUT2D eigenvalue weighted by Gasteiger charge is 2.39. The highest BCUT2D eigenvalue weighted by molar-refractivity contribution is 6.43. The number of amides is 1. The monoisotopic (exact) mass is 423 g/mol. The lowest BCUT2D eigenvalue weighted by Gasteiger charge is -2.41. The molecular formula is C20H23Cl2N3O3. The zero-order valence-corrected chi connectivity index (χ0v) is 17.5. The van der Waals surface area contributed by atoms with Gasteiger partial charge in [-0.2, -0.15) is 5.10 Å². The predicted molar refractivity (Wildman–Crippen MR) is 110 cm³/mol. The molecular weight excluding hydrogens is 401 g/mol. The van der Waals surface area contributed by atoms with Gasteiger partial charge in [0.05, 0.1) is 21.3 Å². The lowest BCUT2D eigenvalue weighted by molar-refractivity contribution is -0.125. The van der Waals surface area contributed by atoms with E-state index in [1.165, 1.54) is 6.07 Å². The average Bonchev–Trinajstić information content (AvgIpc) is 2.57. The normalized spacial score (nSPS) is 21.5. The van der Waals surface area contributed by atoms with Crippen LogP contribution in [0.4, 0.5) is 0 Å². The molecule has 1 aromatic heterocycles. The summed E-state index contributed by atoms with van der Waals surface area (Å²) in [6.07, 6.45) is 1.01. The summed E-state index contributed by atoms with van der Waals surface area (Å²) in [5.41, 5.74) is 0.778. The molecule has 0 unspecified atom stereocenters. The Bertz CT molecular complexity index is 962. The Morgan fingerprint density at radius 1 is 1.36 bits per heavy atom. The Morgan fingerprint density at radius 3 is 2.64 bits per heavy atom. The first kappa shape index (κ1) is 20.8. The predicted octanol–water partition coefficient (Wildman–Crippen LogP) is 3.37. The molecule has 150 valence electrons. The number of carbonyl (C=O) groups is 1. The fraction of sp³-hybridized carbons (Fsp3) is 0.450. The molecule has 0 saturated heterocycles. The number of carbonyl (C=O) groups excluding carboxylic acids is 1. The van der Waals surface area contributed by atoms with Gasteiger partial charge in [-0.25, -0.2) is 4.68 Å². The van der Waals surface area contributed by atoms with Crippen LogP contribution < -0.4 is 10.9 Å². The molecule has 3 rings (SSSR count). The Hall–Kier alpha value is -1.89. The maximum Gasteiger partial charge on any atom is 0.267 e. The quantitative estimate of drug-likeness (QED) is 0.771. The maximum absolute atomic E-state index is 12.6. The van der Waals surface area contributed by atoms with E-state index in [1.807, 2.05) is 13.8 Å². The van der Waals surface area contributed by atoms with Gasteiger partial charge >= 0.3 is 0 Å². The van der Waals surface area contributed by atoms with E-state index in [0.717, 1.165) is 4.68 Å². The first-order chi connectivity index (χ1) is 13.1. The Morgan fingerprint density at radius 2 is 2.04 bits per heavy atom. The van der Waals surface area contributed by atoms with Gasteiger partial charge in [0, 0.05) is 23.2 Å².